The maximum atomic E-state index is 11.5. The van der Waals surface area contributed by atoms with E-state index >= 15 is 0 Å². The van der Waals surface area contributed by atoms with E-state index in [2.05, 4.69) is 26.2 Å². The van der Waals surface area contributed by atoms with Crippen LogP contribution in [0.15, 0.2) is 29.0 Å². The van der Waals surface area contributed by atoms with Gasteiger partial charge in [-0.3, -0.25) is 4.79 Å². The van der Waals surface area contributed by atoms with E-state index in [0.717, 1.165) is 10.1 Å². The topological polar surface area (TPSA) is 46.4 Å². The average Bonchev–Trinajstić information content (AvgIpc) is 2.60. The molecule has 2 heterocycles. The van der Waals surface area contributed by atoms with Gasteiger partial charge in [0.25, 0.3) is 0 Å². The first-order valence-corrected chi connectivity index (χ1v) is 5.32. The van der Waals surface area contributed by atoms with Crippen molar-refractivity contribution in [3.05, 3.63) is 34.7 Å². The first-order chi connectivity index (χ1) is 7.20. The summed E-state index contributed by atoms with van der Waals surface area (Å²) in [5, 5.41) is 2.81. The number of imidazole rings is 1. The third-order valence-corrected chi connectivity index (χ3v) is 2.54. The molecule has 0 spiro atoms. The normalized spacial score (nSPS) is 10.8. The van der Waals surface area contributed by atoms with Gasteiger partial charge in [-0.2, -0.15) is 0 Å². The van der Waals surface area contributed by atoms with Gasteiger partial charge in [-0.15, -0.1) is 0 Å². The SMILES string of the molecule is CNCC(=O)c1cn2ccc(Br)cc2n1. The Bertz CT molecular complexity index is 506. The van der Waals surface area contributed by atoms with Gasteiger partial charge in [-0.25, -0.2) is 4.98 Å². The fourth-order valence-corrected chi connectivity index (χ4v) is 1.67. The molecule has 0 fully saturated rings. The molecule has 0 saturated carbocycles. The zero-order valence-corrected chi connectivity index (χ0v) is 9.78. The summed E-state index contributed by atoms with van der Waals surface area (Å²) in [6.07, 6.45) is 3.60. The van der Waals surface area contributed by atoms with E-state index in [9.17, 15) is 4.79 Å². The Labute approximate surface area is 95.4 Å². The van der Waals surface area contributed by atoms with Crippen molar-refractivity contribution < 1.29 is 4.79 Å². The summed E-state index contributed by atoms with van der Waals surface area (Å²) in [5.41, 5.74) is 1.26. The number of ketones is 1. The summed E-state index contributed by atoms with van der Waals surface area (Å²) in [6.45, 7) is 0.311. The Balaban J connectivity index is 2.42. The average molecular weight is 268 g/mol. The van der Waals surface area contributed by atoms with Gasteiger partial charge in [0, 0.05) is 16.9 Å². The highest BCUT2D eigenvalue weighted by atomic mass is 79.9. The summed E-state index contributed by atoms with van der Waals surface area (Å²) in [7, 11) is 1.74. The lowest BCUT2D eigenvalue weighted by Crippen LogP contribution is -2.18. The monoisotopic (exact) mass is 267 g/mol. The molecule has 15 heavy (non-hydrogen) atoms. The zero-order valence-electron chi connectivity index (χ0n) is 8.20. The molecule has 0 aromatic carbocycles. The van der Waals surface area contributed by atoms with Crippen LogP contribution >= 0.6 is 15.9 Å². The third kappa shape index (κ3) is 2.08. The lowest BCUT2D eigenvalue weighted by Gasteiger charge is -1.92. The predicted octanol–water partition coefficient (Wildman–Crippen LogP) is 1.50. The van der Waals surface area contributed by atoms with Crippen LogP contribution < -0.4 is 5.32 Å². The number of hydrogen-bond acceptors (Lipinski definition) is 3. The van der Waals surface area contributed by atoms with E-state index in [-0.39, 0.29) is 5.78 Å². The fraction of sp³-hybridized carbons (Fsp3) is 0.200. The van der Waals surface area contributed by atoms with Gasteiger partial charge in [-0.05, 0) is 19.2 Å². The van der Waals surface area contributed by atoms with Crippen LogP contribution in [0.4, 0.5) is 0 Å². The highest BCUT2D eigenvalue weighted by molar-refractivity contribution is 9.10. The van der Waals surface area contributed by atoms with Gasteiger partial charge in [0.15, 0.2) is 5.78 Å². The van der Waals surface area contributed by atoms with Crippen LogP contribution in [0.5, 0.6) is 0 Å². The molecule has 0 atom stereocenters. The first kappa shape index (κ1) is 10.3. The molecule has 1 N–H and O–H groups in total. The molecule has 0 bridgehead atoms. The van der Waals surface area contributed by atoms with E-state index in [1.165, 1.54) is 0 Å². The van der Waals surface area contributed by atoms with Crippen molar-refractivity contribution in [1.29, 1.82) is 0 Å². The molecule has 2 rings (SSSR count). The van der Waals surface area contributed by atoms with Crippen molar-refractivity contribution >= 4 is 27.4 Å². The number of pyridine rings is 1. The number of fused-ring (bicyclic) bond motifs is 1. The molecule has 78 valence electrons. The fourth-order valence-electron chi connectivity index (χ4n) is 1.34. The van der Waals surface area contributed by atoms with Crippen LogP contribution in [-0.2, 0) is 0 Å². The maximum absolute atomic E-state index is 11.5. The summed E-state index contributed by atoms with van der Waals surface area (Å²) < 4.78 is 2.78. The van der Waals surface area contributed by atoms with Crippen LogP contribution in [0.3, 0.4) is 0 Å². The van der Waals surface area contributed by atoms with Crippen molar-refractivity contribution in [2.75, 3.05) is 13.6 Å². The van der Waals surface area contributed by atoms with E-state index in [1.54, 1.807) is 13.2 Å². The third-order valence-electron chi connectivity index (χ3n) is 2.05. The van der Waals surface area contributed by atoms with Crippen LogP contribution in [-0.4, -0.2) is 28.8 Å². The largest absolute Gasteiger partial charge is 0.313 e. The minimum absolute atomic E-state index is 0.00248. The maximum Gasteiger partial charge on any atom is 0.196 e. The van der Waals surface area contributed by atoms with E-state index in [0.29, 0.717) is 12.2 Å². The van der Waals surface area contributed by atoms with Crippen molar-refractivity contribution in [2.24, 2.45) is 0 Å². The molecule has 4 nitrogen and oxygen atoms in total. The highest BCUT2D eigenvalue weighted by Crippen LogP contribution is 2.13. The molecule has 0 radical (unpaired) electrons. The summed E-state index contributed by atoms with van der Waals surface area (Å²) in [4.78, 5) is 15.8. The minimum Gasteiger partial charge on any atom is -0.313 e. The van der Waals surface area contributed by atoms with Gasteiger partial charge >= 0.3 is 0 Å². The molecule has 5 heteroatoms. The number of hydrogen-bond donors (Lipinski definition) is 1. The second-order valence-electron chi connectivity index (χ2n) is 3.19. The van der Waals surface area contributed by atoms with Gasteiger partial charge in [0.1, 0.15) is 11.3 Å². The summed E-state index contributed by atoms with van der Waals surface area (Å²) >= 11 is 3.36. The van der Waals surface area contributed by atoms with Crippen LogP contribution in [0.1, 0.15) is 10.5 Å². The van der Waals surface area contributed by atoms with Crippen LogP contribution in [0.25, 0.3) is 5.65 Å². The Morgan fingerprint density at radius 2 is 2.47 bits per heavy atom. The van der Waals surface area contributed by atoms with Crippen molar-refractivity contribution in [3.8, 4) is 0 Å². The summed E-state index contributed by atoms with van der Waals surface area (Å²) in [6, 6.07) is 3.77. The molecule has 0 aliphatic carbocycles. The number of Topliss-reactive ketones (excluding diaryl/α,β-unsaturated/α-hetero) is 1. The second kappa shape index (κ2) is 4.12. The number of rotatable bonds is 3. The second-order valence-corrected chi connectivity index (χ2v) is 4.11. The number of likely N-dealkylation sites (N-methyl/N-ethyl adjacent to an activating group) is 1. The van der Waals surface area contributed by atoms with Crippen molar-refractivity contribution in [2.45, 2.75) is 0 Å². The number of carbonyl (C=O) groups is 1. The molecule has 0 aliphatic rings. The van der Waals surface area contributed by atoms with Gasteiger partial charge in [-0.1, -0.05) is 15.9 Å². The lowest BCUT2D eigenvalue weighted by molar-refractivity contribution is 0.0989. The molecule has 0 saturated heterocycles. The van der Waals surface area contributed by atoms with Crippen LogP contribution in [0.2, 0.25) is 0 Å². The van der Waals surface area contributed by atoms with Crippen molar-refractivity contribution in [3.63, 3.8) is 0 Å². The number of carbonyl (C=O) groups excluding carboxylic acids is 1. The predicted molar refractivity (Wildman–Crippen MR) is 61.1 cm³/mol. The molecular weight excluding hydrogens is 258 g/mol. The molecular formula is C10H10BrN3O. The molecule has 0 amide bonds. The smallest absolute Gasteiger partial charge is 0.196 e. The van der Waals surface area contributed by atoms with Crippen molar-refractivity contribution in [1.82, 2.24) is 14.7 Å². The highest BCUT2D eigenvalue weighted by Gasteiger charge is 2.09. The van der Waals surface area contributed by atoms with Crippen LogP contribution in [0, 0.1) is 0 Å². The molecule has 0 aliphatic heterocycles. The summed E-state index contributed by atoms with van der Waals surface area (Å²) in [5.74, 6) is -0.00248. The number of aromatic nitrogens is 2. The van der Waals surface area contributed by atoms with Gasteiger partial charge in [0.2, 0.25) is 0 Å². The van der Waals surface area contributed by atoms with Gasteiger partial charge < -0.3 is 9.72 Å². The Hall–Kier alpha value is -1.20. The van der Waals surface area contributed by atoms with E-state index in [4.69, 9.17) is 0 Å². The van der Waals surface area contributed by atoms with Gasteiger partial charge in [0.05, 0.1) is 6.54 Å². The Morgan fingerprint density at radius 1 is 1.67 bits per heavy atom. The standard InChI is InChI=1S/C10H10BrN3O/c1-12-5-9(15)8-6-14-3-2-7(11)4-10(14)13-8/h2-4,6,12H,5H2,1H3. The Kier molecular flexibility index (Phi) is 2.83. The number of halogens is 1. The quantitative estimate of drug-likeness (QED) is 0.858. The minimum atomic E-state index is -0.00248. The lowest BCUT2D eigenvalue weighted by atomic mass is 10.3. The molecule has 2 aromatic heterocycles. The Morgan fingerprint density at radius 3 is 3.20 bits per heavy atom. The van der Waals surface area contributed by atoms with E-state index < -0.39 is 0 Å². The zero-order chi connectivity index (χ0) is 10.8. The number of nitrogens with one attached hydrogen (secondary N) is 1. The number of nitrogens with zero attached hydrogens (tertiary/aromatic N) is 2. The molecule has 0 unspecified atom stereocenters. The van der Waals surface area contributed by atoms with E-state index in [1.807, 2.05) is 22.7 Å². The molecule has 2 aromatic rings. The first-order valence-electron chi connectivity index (χ1n) is 4.53.